The van der Waals surface area contributed by atoms with Gasteiger partial charge in [0.25, 0.3) is 0 Å². The van der Waals surface area contributed by atoms with Crippen LogP contribution in [-0.2, 0) is 9.59 Å². The minimum absolute atomic E-state index is 0.0724. The van der Waals surface area contributed by atoms with Crippen LogP contribution in [0.2, 0.25) is 0 Å². The van der Waals surface area contributed by atoms with Crippen LogP contribution in [0.15, 0.2) is 18.2 Å². The number of unbranched alkanes of at least 4 members (excludes halogenated alkanes) is 1. The highest BCUT2D eigenvalue weighted by Crippen LogP contribution is 2.21. The van der Waals surface area contributed by atoms with E-state index in [-0.39, 0.29) is 18.4 Å². The van der Waals surface area contributed by atoms with E-state index in [9.17, 15) is 9.59 Å². The van der Waals surface area contributed by atoms with Crippen molar-refractivity contribution in [1.82, 2.24) is 5.32 Å². The Balaban J connectivity index is 2.79. The fraction of sp³-hybridized carbons (Fsp3) is 0.500. The molecule has 0 fully saturated rings. The van der Waals surface area contributed by atoms with Gasteiger partial charge in [0, 0.05) is 19.2 Å². The van der Waals surface area contributed by atoms with Crippen LogP contribution < -0.4 is 10.2 Å². The van der Waals surface area contributed by atoms with Gasteiger partial charge in [-0.2, -0.15) is 0 Å². The van der Waals surface area contributed by atoms with Crippen molar-refractivity contribution in [3.05, 3.63) is 29.3 Å². The van der Waals surface area contributed by atoms with Gasteiger partial charge in [0.2, 0.25) is 11.8 Å². The van der Waals surface area contributed by atoms with Crippen molar-refractivity contribution >= 4 is 17.5 Å². The van der Waals surface area contributed by atoms with Crippen molar-refractivity contribution in [2.75, 3.05) is 18.0 Å². The van der Waals surface area contributed by atoms with E-state index in [2.05, 4.69) is 12.2 Å². The van der Waals surface area contributed by atoms with Crippen molar-refractivity contribution in [3.63, 3.8) is 0 Å². The second-order valence-corrected chi connectivity index (χ2v) is 5.10. The lowest BCUT2D eigenvalue weighted by Gasteiger charge is -2.23. The first kappa shape index (κ1) is 16.2. The number of nitrogens with zero attached hydrogens (tertiary/aromatic N) is 1. The zero-order chi connectivity index (χ0) is 15.1. The number of carbonyl (C=O) groups is 2. The summed E-state index contributed by atoms with van der Waals surface area (Å²) in [6.07, 6.45) is 1.99. The Labute approximate surface area is 121 Å². The predicted octanol–water partition coefficient (Wildman–Crippen LogP) is 2.57. The minimum Gasteiger partial charge on any atom is -0.355 e. The van der Waals surface area contributed by atoms with Crippen molar-refractivity contribution in [3.8, 4) is 0 Å². The van der Waals surface area contributed by atoms with Gasteiger partial charge in [-0.3, -0.25) is 9.59 Å². The molecule has 0 aliphatic rings. The molecule has 0 spiro atoms. The third-order valence-corrected chi connectivity index (χ3v) is 3.18. The molecule has 0 saturated carbocycles. The van der Waals surface area contributed by atoms with E-state index in [0.717, 1.165) is 29.7 Å². The monoisotopic (exact) mass is 276 g/mol. The number of carbonyl (C=O) groups excluding carboxylic acids is 2. The molecule has 0 saturated heterocycles. The number of amides is 2. The molecule has 0 bridgehead atoms. The van der Waals surface area contributed by atoms with E-state index in [1.54, 1.807) is 0 Å². The maximum Gasteiger partial charge on any atom is 0.240 e. The highest BCUT2D eigenvalue weighted by Gasteiger charge is 2.17. The van der Waals surface area contributed by atoms with Gasteiger partial charge >= 0.3 is 0 Å². The topological polar surface area (TPSA) is 49.4 Å². The van der Waals surface area contributed by atoms with Gasteiger partial charge in [0.1, 0.15) is 6.54 Å². The molecule has 4 heteroatoms. The van der Waals surface area contributed by atoms with Crippen LogP contribution in [0.3, 0.4) is 0 Å². The van der Waals surface area contributed by atoms with Crippen LogP contribution in [0.25, 0.3) is 0 Å². The first-order valence-corrected chi connectivity index (χ1v) is 7.07. The molecule has 0 aliphatic heterocycles. The van der Waals surface area contributed by atoms with E-state index in [1.165, 1.54) is 11.8 Å². The standard InChI is InChI=1S/C16H24N2O2/c1-5-6-9-17-16(20)11-18(14(4)19)15-8-7-12(2)10-13(15)3/h7-8,10H,5-6,9,11H2,1-4H3,(H,17,20). The number of benzene rings is 1. The largest absolute Gasteiger partial charge is 0.355 e. The van der Waals surface area contributed by atoms with E-state index in [1.807, 2.05) is 32.0 Å². The van der Waals surface area contributed by atoms with Crippen molar-refractivity contribution in [2.45, 2.75) is 40.5 Å². The summed E-state index contributed by atoms with van der Waals surface area (Å²) in [4.78, 5) is 25.2. The molecule has 4 nitrogen and oxygen atoms in total. The molecule has 0 atom stereocenters. The zero-order valence-electron chi connectivity index (χ0n) is 12.8. The number of hydrogen-bond donors (Lipinski definition) is 1. The molecular formula is C16H24N2O2. The van der Waals surface area contributed by atoms with Gasteiger partial charge < -0.3 is 10.2 Å². The van der Waals surface area contributed by atoms with Crippen LogP contribution >= 0.6 is 0 Å². The molecule has 1 rings (SSSR count). The third kappa shape index (κ3) is 4.68. The SMILES string of the molecule is CCCCNC(=O)CN(C(C)=O)c1ccc(C)cc1C. The molecule has 2 amide bonds. The van der Waals surface area contributed by atoms with Crippen LogP contribution in [0.5, 0.6) is 0 Å². The van der Waals surface area contributed by atoms with Gasteiger partial charge in [-0.15, -0.1) is 0 Å². The zero-order valence-corrected chi connectivity index (χ0v) is 12.8. The highest BCUT2D eigenvalue weighted by atomic mass is 16.2. The predicted molar refractivity (Wildman–Crippen MR) is 81.9 cm³/mol. The number of nitrogens with one attached hydrogen (secondary N) is 1. The quantitative estimate of drug-likeness (QED) is 0.812. The number of rotatable bonds is 6. The lowest BCUT2D eigenvalue weighted by atomic mass is 10.1. The lowest BCUT2D eigenvalue weighted by molar-refractivity contribution is -0.123. The van der Waals surface area contributed by atoms with E-state index >= 15 is 0 Å². The van der Waals surface area contributed by atoms with Gasteiger partial charge in [0.15, 0.2) is 0 Å². The second kappa shape index (κ2) is 7.68. The Bertz CT molecular complexity index is 483. The summed E-state index contributed by atoms with van der Waals surface area (Å²) >= 11 is 0. The molecule has 1 aromatic rings. The molecule has 1 aromatic carbocycles. The van der Waals surface area contributed by atoms with Gasteiger partial charge in [-0.05, 0) is 31.9 Å². The molecular weight excluding hydrogens is 252 g/mol. The molecule has 0 aromatic heterocycles. The summed E-state index contributed by atoms with van der Waals surface area (Å²) in [5.74, 6) is -0.240. The molecule has 0 aliphatic carbocycles. The summed E-state index contributed by atoms with van der Waals surface area (Å²) in [5.41, 5.74) is 2.94. The summed E-state index contributed by atoms with van der Waals surface area (Å²) in [7, 11) is 0. The van der Waals surface area contributed by atoms with Crippen LogP contribution in [0, 0.1) is 13.8 Å². The van der Waals surface area contributed by atoms with Gasteiger partial charge in [-0.25, -0.2) is 0 Å². The Morgan fingerprint density at radius 2 is 1.95 bits per heavy atom. The number of hydrogen-bond acceptors (Lipinski definition) is 2. The molecule has 1 N–H and O–H groups in total. The van der Waals surface area contributed by atoms with Crippen LogP contribution in [0.1, 0.15) is 37.8 Å². The van der Waals surface area contributed by atoms with Crippen LogP contribution in [-0.4, -0.2) is 24.9 Å². The van der Waals surface area contributed by atoms with Crippen LogP contribution in [0.4, 0.5) is 5.69 Å². The smallest absolute Gasteiger partial charge is 0.240 e. The van der Waals surface area contributed by atoms with E-state index < -0.39 is 0 Å². The Kier molecular flexibility index (Phi) is 6.22. The average molecular weight is 276 g/mol. The molecule has 0 unspecified atom stereocenters. The normalized spacial score (nSPS) is 10.2. The van der Waals surface area contributed by atoms with Gasteiger partial charge in [0.05, 0.1) is 0 Å². The van der Waals surface area contributed by atoms with Crippen molar-refractivity contribution < 1.29 is 9.59 Å². The summed E-state index contributed by atoms with van der Waals surface area (Å²) < 4.78 is 0. The first-order chi connectivity index (χ1) is 9.45. The fourth-order valence-electron chi connectivity index (χ4n) is 2.08. The molecule has 0 heterocycles. The molecule has 110 valence electrons. The van der Waals surface area contributed by atoms with Gasteiger partial charge in [-0.1, -0.05) is 31.0 Å². The van der Waals surface area contributed by atoms with E-state index in [4.69, 9.17) is 0 Å². The summed E-state index contributed by atoms with van der Waals surface area (Å²) in [6, 6.07) is 5.86. The average Bonchev–Trinajstić information content (AvgIpc) is 2.37. The number of anilines is 1. The van der Waals surface area contributed by atoms with Crippen molar-refractivity contribution in [2.24, 2.45) is 0 Å². The minimum atomic E-state index is -0.123. The first-order valence-electron chi connectivity index (χ1n) is 7.07. The maximum atomic E-state index is 11.9. The Morgan fingerprint density at radius 1 is 1.25 bits per heavy atom. The molecule has 0 radical (unpaired) electrons. The third-order valence-electron chi connectivity index (χ3n) is 3.18. The highest BCUT2D eigenvalue weighted by molar-refractivity contribution is 5.98. The molecule has 20 heavy (non-hydrogen) atoms. The maximum absolute atomic E-state index is 11.9. The summed E-state index contributed by atoms with van der Waals surface area (Å²) in [5, 5.41) is 2.84. The number of aryl methyl sites for hydroxylation is 2. The summed E-state index contributed by atoms with van der Waals surface area (Å²) in [6.45, 7) is 8.25. The Morgan fingerprint density at radius 3 is 2.50 bits per heavy atom. The van der Waals surface area contributed by atoms with E-state index in [0.29, 0.717) is 6.54 Å². The Hall–Kier alpha value is -1.84. The van der Waals surface area contributed by atoms with Crippen molar-refractivity contribution in [1.29, 1.82) is 0 Å². The second-order valence-electron chi connectivity index (χ2n) is 5.10. The fourth-order valence-corrected chi connectivity index (χ4v) is 2.08. The lowest BCUT2D eigenvalue weighted by Crippen LogP contribution is -2.40.